The van der Waals surface area contributed by atoms with Crippen LogP contribution < -0.4 is 5.32 Å². The lowest BCUT2D eigenvalue weighted by Gasteiger charge is -2.02. The molecule has 0 aromatic carbocycles. The summed E-state index contributed by atoms with van der Waals surface area (Å²) in [6.45, 7) is 2.37. The summed E-state index contributed by atoms with van der Waals surface area (Å²) >= 11 is 0. The van der Waals surface area contributed by atoms with Gasteiger partial charge in [0, 0.05) is 23.1 Å². The van der Waals surface area contributed by atoms with E-state index in [4.69, 9.17) is 10.7 Å². The number of carbonyl (C=O) groups is 1. The zero-order valence-corrected chi connectivity index (χ0v) is 11.4. The highest BCUT2D eigenvalue weighted by Crippen LogP contribution is 2.43. The zero-order chi connectivity index (χ0) is 13.3. The highest BCUT2D eigenvalue weighted by atomic mass is 35.7. The van der Waals surface area contributed by atoms with Crippen LogP contribution >= 0.6 is 10.7 Å². The van der Waals surface area contributed by atoms with Crippen LogP contribution in [0.3, 0.4) is 0 Å². The Morgan fingerprint density at radius 3 is 2.72 bits per heavy atom. The molecule has 18 heavy (non-hydrogen) atoms. The smallest absolute Gasteiger partial charge is 0.273 e. The summed E-state index contributed by atoms with van der Waals surface area (Å²) < 4.78 is 23.1. The van der Waals surface area contributed by atoms with Gasteiger partial charge in [-0.15, -0.1) is 0 Å². The molecule has 1 fully saturated rings. The first kappa shape index (κ1) is 13.4. The van der Waals surface area contributed by atoms with Crippen LogP contribution in [0.1, 0.15) is 48.3 Å². The number of aromatic amines is 1. The predicted octanol–water partition coefficient (Wildman–Crippen LogP) is 1.35. The Morgan fingerprint density at radius 2 is 2.22 bits per heavy atom. The molecular formula is C10H14ClN3O3S. The number of amides is 1. The quantitative estimate of drug-likeness (QED) is 0.801. The largest absolute Gasteiger partial charge is 0.351 e. The second-order valence-corrected chi connectivity index (χ2v) is 6.79. The summed E-state index contributed by atoms with van der Waals surface area (Å²) in [6.07, 6.45) is 2.53. The van der Waals surface area contributed by atoms with E-state index in [1.54, 1.807) is 0 Å². The van der Waals surface area contributed by atoms with E-state index in [1.807, 2.05) is 6.92 Å². The summed E-state index contributed by atoms with van der Waals surface area (Å²) in [7, 11) is 1.41. The topological polar surface area (TPSA) is 91.9 Å². The molecule has 1 saturated carbocycles. The molecular weight excluding hydrogens is 278 g/mol. The average Bonchev–Trinajstić information content (AvgIpc) is 3.03. The third-order valence-electron chi connectivity index (χ3n) is 2.73. The molecule has 2 rings (SSSR count). The fourth-order valence-electron chi connectivity index (χ4n) is 1.72. The Balaban J connectivity index is 2.38. The Bertz CT molecular complexity index is 563. The fourth-order valence-corrected chi connectivity index (χ4v) is 3.03. The molecule has 1 aromatic heterocycles. The molecule has 0 bridgehead atoms. The number of aromatic nitrogens is 2. The summed E-state index contributed by atoms with van der Waals surface area (Å²) in [5.74, 6) is -0.395. The van der Waals surface area contributed by atoms with Crippen molar-refractivity contribution in [1.29, 1.82) is 0 Å². The molecule has 0 saturated heterocycles. The number of rotatable bonds is 5. The highest BCUT2D eigenvalue weighted by Gasteiger charge is 2.36. The van der Waals surface area contributed by atoms with E-state index >= 15 is 0 Å². The van der Waals surface area contributed by atoms with Crippen molar-refractivity contribution in [2.24, 2.45) is 0 Å². The van der Waals surface area contributed by atoms with Crippen LogP contribution in [0.15, 0.2) is 4.90 Å². The normalized spacial score (nSPS) is 15.7. The van der Waals surface area contributed by atoms with Crippen molar-refractivity contribution in [3.05, 3.63) is 11.4 Å². The van der Waals surface area contributed by atoms with E-state index in [1.165, 1.54) is 0 Å². The molecule has 2 N–H and O–H groups in total. The van der Waals surface area contributed by atoms with Crippen LogP contribution in [-0.2, 0) is 9.05 Å². The summed E-state index contributed by atoms with van der Waals surface area (Å²) in [5, 5.41) is 9.01. The van der Waals surface area contributed by atoms with Crippen molar-refractivity contribution in [2.75, 3.05) is 6.54 Å². The van der Waals surface area contributed by atoms with Crippen LogP contribution in [0.25, 0.3) is 0 Å². The molecule has 1 aromatic rings. The molecule has 0 aliphatic heterocycles. The van der Waals surface area contributed by atoms with E-state index < -0.39 is 15.0 Å². The lowest BCUT2D eigenvalue weighted by Crippen LogP contribution is -2.25. The van der Waals surface area contributed by atoms with Gasteiger partial charge in [-0.2, -0.15) is 5.10 Å². The third kappa shape index (κ3) is 2.67. The fraction of sp³-hybridized carbons (Fsp3) is 0.600. The summed E-state index contributed by atoms with van der Waals surface area (Å²) in [5.41, 5.74) is 0.312. The maximum Gasteiger partial charge on any atom is 0.273 e. The zero-order valence-electron chi connectivity index (χ0n) is 9.86. The molecule has 8 heteroatoms. The molecule has 1 aliphatic rings. The van der Waals surface area contributed by atoms with E-state index in [0.29, 0.717) is 12.2 Å². The van der Waals surface area contributed by atoms with Crippen LogP contribution in [0, 0.1) is 0 Å². The van der Waals surface area contributed by atoms with E-state index in [2.05, 4.69) is 15.5 Å². The SMILES string of the molecule is CCCNC(=O)c1n[nH]c(C2CC2)c1S(=O)(=O)Cl. The Morgan fingerprint density at radius 1 is 1.56 bits per heavy atom. The van der Waals surface area contributed by atoms with Crippen LogP contribution in [0.5, 0.6) is 0 Å². The lowest BCUT2D eigenvalue weighted by atomic mass is 10.2. The molecule has 1 amide bonds. The van der Waals surface area contributed by atoms with Gasteiger partial charge in [0.05, 0.1) is 5.69 Å². The Kier molecular flexibility index (Phi) is 3.63. The number of halogens is 1. The minimum atomic E-state index is -3.98. The number of nitrogens with zero attached hydrogens (tertiary/aromatic N) is 1. The molecule has 0 spiro atoms. The summed E-state index contributed by atoms with van der Waals surface area (Å²) in [6, 6.07) is 0. The third-order valence-corrected chi connectivity index (χ3v) is 4.09. The van der Waals surface area contributed by atoms with Crippen molar-refractivity contribution in [3.8, 4) is 0 Å². The van der Waals surface area contributed by atoms with Gasteiger partial charge < -0.3 is 5.32 Å². The van der Waals surface area contributed by atoms with Gasteiger partial charge in [-0.3, -0.25) is 9.89 Å². The van der Waals surface area contributed by atoms with Gasteiger partial charge in [0.15, 0.2) is 5.69 Å². The van der Waals surface area contributed by atoms with E-state index in [0.717, 1.165) is 19.3 Å². The number of carbonyl (C=O) groups excluding carboxylic acids is 1. The first-order chi connectivity index (χ1) is 8.45. The maximum atomic E-state index is 11.8. The van der Waals surface area contributed by atoms with E-state index in [9.17, 15) is 13.2 Å². The van der Waals surface area contributed by atoms with Crippen molar-refractivity contribution >= 4 is 25.6 Å². The molecule has 0 radical (unpaired) electrons. The van der Waals surface area contributed by atoms with Gasteiger partial charge in [0.25, 0.3) is 15.0 Å². The summed E-state index contributed by atoms with van der Waals surface area (Å²) in [4.78, 5) is 11.6. The molecule has 1 heterocycles. The molecule has 0 unspecified atom stereocenters. The lowest BCUT2D eigenvalue weighted by molar-refractivity contribution is 0.0945. The number of nitrogens with one attached hydrogen (secondary N) is 2. The Hall–Kier alpha value is -1.08. The minimum Gasteiger partial charge on any atom is -0.351 e. The van der Waals surface area contributed by atoms with Gasteiger partial charge in [0.2, 0.25) is 0 Å². The Labute approximate surface area is 110 Å². The molecule has 1 aliphatic carbocycles. The molecule has 0 atom stereocenters. The first-order valence-electron chi connectivity index (χ1n) is 5.76. The van der Waals surface area contributed by atoms with Gasteiger partial charge in [0.1, 0.15) is 4.90 Å². The van der Waals surface area contributed by atoms with Gasteiger partial charge in [-0.25, -0.2) is 8.42 Å². The predicted molar refractivity (Wildman–Crippen MR) is 66.2 cm³/mol. The standard InChI is InChI=1S/C10H14ClN3O3S/c1-2-5-12-10(15)8-9(18(11,16)17)7(13-14-8)6-3-4-6/h6H,2-5H2,1H3,(H,12,15)(H,13,14). The van der Waals surface area contributed by atoms with Crippen LogP contribution in [0.4, 0.5) is 0 Å². The van der Waals surface area contributed by atoms with E-state index in [-0.39, 0.29) is 16.5 Å². The average molecular weight is 292 g/mol. The molecule has 100 valence electrons. The number of H-pyrrole nitrogens is 1. The number of hydrogen-bond acceptors (Lipinski definition) is 4. The number of hydrogen-bond donors (Lipinski definition) is 2. The maximum absolute atomic E-state index is 11.8. The van der Waals surface area contributed by atoms with Crippen molar-refractivity contribution in [3.63, 3.8) is 0 Å². The van der Waals surface area contributed by atoms with Crippen molar-refractivity contribution in [2.45, 2.75) is 37.0 Å². The minimum absolute atomic E-state index is 0.119. The van der Waals surface area contributed by atoms with Crippen molar-refractivity contribution < 1.29 is 13.2 Å². The second kappa shape index (κ2) is 4.89. The monoisotopic (exact) mass is 291 g/mol. The van der Waals surface area contributed by atoms with Crippen LogP contribution in [-0.4, -0.2) is 31.1 Å². The van der Waals surface area contributed by atoms with Gasteiger partial charge in [-0.05, 0) is 19.3 Å². The molecule has 6 nitrogen and oxygen atoms in total. The van der Waals surface area contributed by atoms with Crippen molar-refractivity contribution in [1.82, 2.24) is 15.5 Å². The van der Waals surface area contributed by atoms with Crippen LogP contribution in [0.2, 0.25) is 0 Å². The van der Waals surface area contributed by atoms with Gasteiger partial charge >= 0.3 is 0 Å². The second-order valence-electron chi connectivity index (χ2n) is 4.28. The first-order valence-corrected chi connectivity index (χ1v) is 8.07. The highest BCUT2D eigenvalue weighted by molar-refractivity contribution is 8.13. The van der Waals surface area contributed by atoms with Gasteiger partial charge in [-0.1, -0.05) is 6.92 Å².